The van der Waals surface area contributed by atoms with Crippen molar-refractivity contribution < 1.29 is 31.1 Å². The maximum atomic E-state index is 12.8. The minimum Gasteiger partial charge on any atom is -0.487 e. The molecule has 3 rings (SSSR count). The average Bonchev–Trinajstić information content (AvgIpc) is 2.78. The van der Waals surface area contributed by atoms with Crippen molar-refractivity contribution in [3.8, 4) is 5.75 Å². The molecule has 0 aliphatic carbocycles. The fourth-order valence-corrected chi connectivity index (χ4v) is 3.78. The van der Waals surface area contributed by atoms with Gasteiger partial charge < -0.3 is 10.1 Å². The molecule has 0 atom stereocenters. The van der Waals surface area contributed by atoms with Crippen molar-refractivity contribution in [2.45, 2.75) is 26.6 Å². The van der Waals surface area contributed by atoms with Gasteiger partial charge in [-0.05, 0) is 61.4 Å². The number of amides is 1. The lowest BCUT2D eigenvalue weighted by molar-refractivity contribution is -0.137. The molecule has 10 heteroatoms. The zero-order valence-electron chi connectivity index (χ0n) is 19.6. The first-order valence-corrected chi connectivity index (χ1v) is 12.4. The summed E-state index contributed by atoms with van der Waals surface area (Å²) in [7, 11) is -2.21. The van der Waals surface area contributed by atoms with E-state index >= 15 is 0 Å². The number of nitrogens with zero attached hydrogens (tertiary/aromatic N) is 1. The number of carbonyl (C=O) groups excluding carboxylic acids is 1. The number of hydrogen-bond acceptors (Lipinski definition) is 4. The molecule has 35 heavy (non-hydrogen) atoms. The Bertz CT molecular complexity index is 1340. The van der Waals surface area contributed by atoms with Crippen LogP contribution >= 0.6 is 0 Å². The van der Waals surface area contributed by atoms with E-state index in [0.29, 0.717) is 0 Å². The molecule has 186 valence electrons. The standard InChI is InChI=1S/C25H25F3N2O4S/c1-16-5-6-17(2)19(13-16)15-34-23-14-21(11-12-22(23)30(3)35(4,32)33)29-24(31)18-7-9-20(10-8-18)25(26,27)28/h5-14H,15H2,1-4H3,(H,29,31). The number of sulfonamides is 1. The van der Waals surface area contributed by atoms with Gasteiger partial charge >= 0.3 is 6.18 Å². The highest BCUT2D eigenvalue weighted by Gasteiger charge is 2.30. The monoisotopic (exact) mass is 506 g/mol. The zero-order chi connectivity index (χ0) is 26.0. The fraction of sp³-hybridized carbons (Fsp3) is 0.240. The van der Waals surface area contributed by atoms with E-state index in [9.17, 15) is 26.4 Å². The van der Waals surface area contributed by atoms with Crippen molar-refractivity contribution in [2.75, 3.05) is 22.9 Å². The summed E-state index contributed by atoms with van der Waals surface area (Å²) < 4.78 is 69.6. The highest BCUT2D eigenvalue weighted by atomic mass is 32.2. The number of carbonyl (C=O) groups is 1. The number of hydrogen-bond donors (Lipinski definition) is 1. The molecule has 0 spiro atoms. The van der Waals surface area contributed by atoms with E-state index in [1.165, 1.54) is 25.2 Å². The molecule has 0 radical (unpaired) electrons. The van der Waals surface area contributed by atoms with Gasteiger partial charge in [-0.15, -0.1) is 0 Å². The Morgan fingerprint density at radius 1 is 1.00 bits per heavy atom. The number of benzene rings is 3. The first kappa shape index (κ1) is 26.1. The molecule has 6 nitrogen and oxygen atoms in total. The molecule has 1 N–H and O–H groups in total. The molecule has 1 amide bonds. The maximum absolute atomic E-state index is 12.8. The first-order chi connectivity index (χ1) is 16.3. The molecular weight excluding hydrogens is 481 g/mol. The van der Waals surface area contributed by atoms with Gasteiger partial charge in [0.05, 0.1) is 17.5 Å². The van der Waals surface area contributed by atoms with E-state index in [-0.39, 0.29) is 29.3 Å². The van der Waals surface area contributed by atoms with Crippen LogP contribution in [0.25, 0.3) is 0 Å². The van der Waals surface area contributed by atoms with E-state index in [2.05, 4.69) is 5.32 Å². The third-order valence-electron chi connectivity index (χ3n) is 5.42. The highest BCUT2D eigenvalue weighted by Crippen LogP contribution is 2.34. The van der Waals surface area contributed by atoms with E-state index in [1.54, 1.807) is 0 Å². The smallest absolute Gasteiger partial charge is 0.416 e. The zero-order valence-corrected chi connectivity index (χ0v) is 20.4. The SMILES string of the molecule is Cc1ccc(C)c(COc2cc(NC(=O)c3ccc(C(F)(F)F)cc3)ccc2N(C)S(C)(=O)=O)c1. The summed E-state index contributed by atoms with van der Waals surface area (Å²) in [5, 5.41) is 2.61. The summed E-state index contributed by atoms with van der Waals surface area (Å²) in [6.07, 6.45) is -3.44. The van der Waals surface area contributed by atoms with E-state index in [0.717, 1.165) is 51.5 Å². The molecule has 0 aliphatic heterocycles. The number of aryl methyl sites for hydroxylation is 2. The normalized spacial score (nSPS) is 11.7. The van der Waals surface area contributed by atoms with E-state index < -0.39 is 27.7 Å². The van der Waals surface area contributed by atoms with Crippen LogP contribution in [0.15, 0.2) is 60.7 Å². The Morgan fingerprint density at radius 3 is 2.26 bits per heavy atom. The fourth-order valence-electron chi connectivity index (χ4n) is 3.27. The van der Waals surface area contributed by atoms with Gasteiger partial charge in [0.15, 0.2) is 0 Å². The van der Waals surface area contributed by atoms with Gasteiger partial charge in [-0.3, -0.25) is 9.10 Å². The molecule has 0 unspecified atom stereocenters. The van der Waals surface area contributed by atoms with Crippen molar-refractivity contribution >= 4 is 27.3 Å². The minimum absolute atomic E-state index is 0.0354. The van der Waals surface area contributed by atoms with Gasteiger partial charge in [-0.2, -0.15) is 13.2 Å². The second-order valence-corrected chi connectivity index (χ2v) is 10.2. The van der Waals surface area contributed by atoms with Gasteiger partial charge in [0.2, 0.25) is 10.0 Å². The van der Waals surface area contributed by atoms with Crippen molar-refractivity contribution in [3.05, 3.63) is 88.5 Å². The summed E-state index contributed by atoms with van der Waals surface area (Å²) in [6, 6.07) is 14.2. The van der Waals surface area contributed by atoms with Crippen LogP contribution in [0, 0.1) is 13.8 Å². The maximum Gasteiger partial charge on any atom is 0.416 e. The number of anilines is 2. The summed E-state index contributed by atoms with van der Waals surface area (Å²) in [6.45, 7) is 4.04. The predicted octanol–water partition coefficient (Wildman–Crippen LogP) is 5.55. The summed E-state index contributed by atoms with van der Waals surface area (Å²) in [5.41, 5.74) is 2.69. The summed E-state index contributed by atoms with van der Waals surface area (Å²) >= 11 is 0. The second-order valence-electron chi connectivity index (χ2n) is 8.16. The van der Waals surface area contributed by atoms with Crippen molar-refractivity contribution in [2.24, 2.45) is 0 Å². The Kier molecular flexibility index (Phi) is 7.44. The van der Waals surface area contributed by atoms with Crippen LogP contribution in [0.2, 0.25) is 0 Å². The Hall–Kier alpha value is -3.53. The highest BCUT2D eigenvalue weighted by molar-refractivity contribution is 7.92. The average molecular weight is 507 g/mol. The first-order valence-electron chi connectivity index (χ1n) is 10.5. The van der Waals surface area contributed by atoms with Gasteiger partial charge in [0.1, 0.15) is 12.4 Å². The largest absolute Gasteiger partial charge is 0.487 e. The van der Waals surface area contributed by atoms with Crippen LogP contribution in [-0.4, -0.2) is 27.6 Å². The lowest BCUT2D eigenvalue weighted by Crippen LogP contribution is -2.25. The number of nitrogens with one attached hydrogen (secondary N) is 1. The third-order valence-corrected chi connectivity index (χ3v) is 6.61. The van der Waals surface area contributed by atoms with Crippen molar-refractivity contribution in [1.82, 2.24) is 0 Å². The van der Waals surface area contributed by atoms with Crippen LogP contribution in [0.1, 0.15) is 32.6 Å². The third kappa shape index (κ3) is 6.54. The van der Waals surface area contributed by atoms with E-state index in [4.69, 9.17) is 4.74 Å². The molecule has 0 heterocycles. The Labute approximate surface area is 202 Å². The Balaban J connectivity index is 1.88. The van der Waals surface area contributed by atoms with Gasteiger partial charge in [-0.25, -0.2) is 8.42 Å². The van der Waals surface area contributed by atoms with Crippen molar-refractivity contribution in [3.63, 3.8) is 0 Å². The molecule has 0 saturated heterocycles. The molecule has 3 aromatic carbocycles. The van der Waals surface area contributed by atoms with Crippen LogP contribution < -0.4 is 14.4 Å². The van der Waals surface area contributed by atoms with E-state index in [1.807, 2.05) is 32.0 Å². The van der Waals surface area contributed by atoms with Crippen LogP contribution in [0.4, 0.5) is 24.5 Å². The van der Waals surface area contributed by atoms with Gasteiger partial charge in [-0.1, -0.05) is 23.8 Å². The van der Waals surface area contributed by atoms with Gasteiger partial charge in [0, 0.05) is 24.4 Å². The minimum atomic E-state index is -4.50. The van der Waals surface area contributed by atoms with Crippen LogP contribution in [-0.2, 0) is 22.8 Å². The molecular formula is C25H25F3N2O4S. The lowest BCUT2D eigenvalue weighted by atomic mass is 10.1. The Morgan fingerprint density at radius 2 is 1.66 bits per heavy atom. The number of ether oxygens (including phenoxy) is 1. The van der Waals surface area contributed by atoms with Crippen LogP contribution in [0.3, 0.4) is 0 Å². The molecule has 0 saturated carbocycles. The molecule has 3 aromatic rings. The number of rotatable bonds is 7. The molecule has 0 aliphatic rings. The van der Waals surface area contributed by atoms with Gasteiger partial charge in [0.25, 0.3) is 5.91 Å². The van der Waals surface area contributed by atoms with Crippen LogP contribution in [0.5, 0.6) is 5.75 Å². The molecule has 0 aromatic heterocycles. The second kappa shape index (κ2) is 9.99. The quantitative estimate of drug-likeness (QED) is 0.456. The number of alkyl halides is 3. The summed E-state index contributed by atoms with van der Waals surface area (Å²) in [5.74, 6) is -0.410. The molecule has 0 bridgehead atoms. The summed E-state index contributed by atoms with van der Waals surface area (Å²) in [4.78, 5) is 12.6. The van der Waals surface area contributed by atoms with Crippen molar-refractivity contribution in [1.29, 1.82) is 0 Å². The lowest BCUT2D eigenvalue weighted by Gasteiger charge is -2.21. The predicted molar refractivity (Wildman–Crippen MR) is 129 cm³/mol. The number of halogens is 3. The molecule has 0 fully saturated rings. The topological polar surface area (TPSA) is 75.7 Å².